The van der Waals surface area contributed by atoms with Crippen LogP contribution in [0.25, 0.3) is 11.0 Å². The second kappa shape index (κ2) is 8.17. The van der Waals surface area contributed by atoms with Gasteiger partial charge in [-0.1, -0.05) is 23.7 Å². The van der Waals surface area contributed by atoms with Crippen molar-refractivity contribution in [3.8, 4) is 0 Å². The zero-order valence-corrected chi connectivity index (χ0v) is 19.6. The van der Waals surface area contributed by atoms with E-state index in [2.05, 4.69) is 22.9 Å². The Hall–Kier alpha value is -2.86. The minimum Gasteiger partial charge on any atom is -0.492 e. The Balaban J connectivity index is 1.57. The summed E-state index contributed by atoms with van der Waals surface area (Å²) in [6.45, 7) is 4.83. The van der Waals surface area contributed by atoms with Crippen molar-refractivity contribution in [1.29, 1.82) is 0 Å². The van der Waals surface area contributed by atoms with Gasteiger partial charge in [-0.15, -0.1) is 0 Å². The zero-order chi connectivity index (χ0) is 23.3. The number of ether oxygens (including phenoxy) is 1. The average molecular weight is 469 g/mol. The number of aromatic amines is 1. The fourth-order valence-corrected chi connectivity index (χ4v) is 5.26. The number of H-pyrrole nitrogens is 1. The molecule has 2 aliphatic rings. The van der Waals surface area contributed by atoms with Crippen molar-refractivity contribution in [1.82, 2.24) is 14.9 Å². The van der Waals surface area contributed by atoms with E-state index >= 15 is 4.39 Å². The fraction of sp³-hybridized carbons (Fsp3) is 0.346. The maximum atomic E-state index is 15.2. The molecule has 1 aliphatic heterocycles. The van der Waals surface area contributed by atoms with E-state index in [1.165, 1.54) is 19.2 Å². The van der Waals surface area contributed by atoms with Crippen LogP contribution in [0.5, 0.6) is 0 Å². The van der Waals surface area contributed by atoms with Gasteiger partial charge in [-0.3, -0.25) is 0 Å². The van der Waals surface area contributed by atoms with E-state index in [0.29, 0.717) is 11.4 Å². The SMILES string of the molecule is COC1=C(N2CCC[C@@]2(C)c2nc3c(C)c(Cl)ccc3[nH]2)CC(c2ccc(F)cc2)[C]=C1F. The van der Waals surface area contributed by atoms with Gasteiger partial charge >= 0.3 is 0 Å². The molecular formula is C26H25ClF2N3O. The molecule has 5 rings (SSSR count). The summed E-state index contributed by atoms with van der Waals surface area (Å²) in [5.41, 5.74) is 3.82. The predicted molar refractivity (Wildman–Crippen MR) is 125 cm³/mol. The molecule has 2 heterocycles. The van der Waals surface area contributed by atoms with Gasteiger partial charge in [-0.2, -0.15) is 0 Å². The number of rotatable bonds is 4. The number of hydrogen-bond acceptors (Lipinski definition) is 3. The molecule has 4 nitrogen and oxygen atoms in total. The number of nitrogens with one attached hydrogen (secondary N) is 1. The van der Waals surface area contributed by atoms with Gasteiger partial charge in [0.25, 0.3) is 0 Å². The van der Waals surface area contributed by atoms with Gasteiger partial charge in [0.15, 0.2) is 11.6 Å². The molecule has 1 aromatic heterocycles. The molecule has 2 atom stereocenters. The highest BCUT2D eigenvalue weighted by Gasteiger charge is 2.44. The number of allylic oxidation sites excluding steroid dienone is 3. The molecule has 1 N–H and O–H groups in total. The van der Waals surface area contributed by atoms with E-state index in [1.54, 1.807) is 12.1 Å². The van der Waals surface area contributed by atoms with Crippen molar-refractivity contribution in [3.05, 3.63) is 87.5 Å². The van der Waals surface area contributed by atoms with Gasteiger partial charge in [0.2, 0.25) is 0 Å². The molecule has 1 radical (unpaired) electrons. The van der Waals surface area contributed by atoms with E-state index in [1.807, 2.05) is 19.1 Å². The molecule has 1 aliphatic carbocycles. The van der Waals surface area contributed by atoms with Gasteiger partial charge in [0, 0.05) is 30.0 Å². The van der Waals surface area contributed by atoms with E-state index < -0.39 is 11.4 Å². The van der Waals surface area contributed by atoms with Crippen LogP contribution >= 0.6 is 11.6 Å². The summed E-state index contributed by atoms with van der Waals surface area (Å²) < 4.78 is 34.1. The molecule has 1 saturated heterocycles. The first-order valence-corrected chi connectivity index (χ1v) is 11.4. The van der Waals surface area contributed by atoms with E-state index in [9.17, 15) is 4.39 Å². The number of aryl methyl sites for hydroxylation is 1. The maximum Gasteiger partial charge on any atom is 0.173 e. The average Bonchev–Trinajstić information content (AvgIpc) is 3.41. The molecule has 3 aromatic rings. The van der Waals surface area contributed by atoms with Crippen molar-refractivity contribution in [2.24, 2.45) is 0 Å². The summed E-state index contributed by atoms with van der Waals surface area (Å²) in [6.07, 6.45) is 5.18. The molecule has 0 saturated carbocycles. The van der Waals surface area contributed by atoms with Crippen LogP contribution in [0.1, 0.15) is 49.1 Å². The van der Waals surface area contributed by atoms with Crippen LogP contribution in [0.15, 0.2) is 53.7 Å². The van der Waals surface area contributed by atoms with Crippen molar-refractivity contribution >= 4 is 22.6 Å². The monoisotopic (exact) mass is 468 g/mol. The molecule has 7 heteroatoms. The summed E-state index contributed by atoms with van der Waals surface area (Å²) in [7, 11) is 1.48. The molecule has 0 bridgehead atoms. The Bertz CT molecular complexity index is 1280. The lowest BCUT2D eigenvalue weighted by molar-refractivity contribution is 0.162. The van der Waals surface area contributed by atoms with Crippen molar-refractivity contribution in [2.45, 2.75) is 44.6 Å². The quantitative estimate of drug-likeness (QED) is 0.464. The van der Waals surface area contributed by atoms with Crippen LogP contribution in [-0.4, -0.2) is 28.5 Å². The molecule has 171 valence electrons. The predicted octanol–water partition coefficient (Wildman–Crippen LogP) is 6.68. The smallest absolute Gasteiger partial charge is 0.173 e. The maximum absolute atomic E-state index is 15.2. The Morgan fingerprint density at radius 3 is 2.70 bits per heavy atom. The van der Waals surface area contributed by atoms with Crippen LogP contribution in [-0.2, 0) is 10.3 Å². The first-order chi connectivity index (χ1) is 15.8. The molecule has 33 heavy (non-hydrogen) atoms. The molecule has 2 aromatic carbocycles. The first-order valence-electron chi connectivity index (χ1n) is 11.1. The topological polar surface area (TPSA) is 41.1 Å². The molecular weight excluding hydrogens is 444 g/mol. The third-order valence-corrected chi connectivity index (χ3v) is 7.36. The summed E-state index contributed by atoms with van der Waals surface area (Å²) >= 11 is 6.32. The van der Waals surface area contributed by atoms with Gasteiger partial charge in [0.1, 0.15) is 11.6 Å². The van der Waals surface area contributed by atoms with Crippen LogP contribution < -0.4 is 0 Å². The largest absolute Gasteiger partial charge is 0.492 e. The first kappa shape index (κ1) is 22.0. The third kappa shape index (κ3) is 3.61. The summed E-state index contributed by atoms with van der Waals surface area (Å²) in [5, 5.41) is 0.676. The highest BCUT2D eigenvalue weighted by atomic mass is 35.5. The molecule has 0 spiro atoms. The number of likely N-dealkylation sites (tertiary alicyclic amines) is 1. The summed E-state index contributed by atoms with van der Waals surface area (Å²) in [5.74, 6) is -0.146. The standard InChI is InChI=1S/C26H25ClF2N3O/c1-15-19(27)9-10-21-23(15)31-25(30-21)26(2)11-4-12-32(26)22-14-17(13-20(29)24(22)33-3)16-5-7-18(28)8-6-16/h5-10,17H,4,11-12,14H2,1-3H3,(H,30,31)/t17?,26-/m0/s1. The fourth-order valence-electron chi connectivity index (χ4n) is 5.10. The van der Waals surface area contributed by atoms with Gasteiger partial charge in [-0.05, 0) is 62.1 Å². The normalized spacial score (nSPS) is 23.4. The number of imidazole rings is 1. The lowest BCUT2D eigenvalue weighted by Gasteiger charge is -2.39. The van der Waals surface area contributed by atoms with Gasteiger partial charge < -0.3 is 14.6 Å². The minimum absolute atomic E-state index is 0.205. The highest BCUT2D eigenvalue weighted by molar-refractivity contribution is 6.32. The Morgan fingerprint density at radius 1 is 1.21 bits per heavy atom. The van der Waals surface area contributed by atoms with Crippen molar-refractivity contribution < 1.29 is 13.5 Å². The Labute approximate surface area is 196 Å². The molecule has 0 amide bonds. The van der Waals surface area contributed by atoms with Crippen molar-refractivity contribution in [2.75, 3.05) is 13.7 Å². The minimum atomic E-state index is -0.519. The lowest BCUT2D eigenvalue weighted by atomic mass is 9.87. The van der Waals surface area contributed by atoms with Gasteiger partial charge in [0.05, 0.1) is 29.4 Å². The van der Waals surface area contributed by atoms with Gasteiger partial charge in [-0.25, -0.2) is 13.8 Å². The number of aromatic nitrogens is 2. The highest BCUT2D eigenvalue weighted by Crippen LogP contribution is 2.46. The van der Waals surface area contributed by atoms with Crippen molar-refractivity contribution in [3.63, 3.8) is 0 Å². The molecule has 1 unspecified atom stereocenters. The second-order valence-corrected chi connectivity index (χ2v) is 9.34. The van der Waals surface area contributed by atoms with Crippen LogP contribution in [0, 0.1) is 18.8 Å². The number of benzene rings is 2. The second-order valence-electron chi connectivity index (χ2n) is 8.93. The number of methoxy groups -OCH3 is 1. The van der Waals surface area contributed by atoms with E-state index in [0.717, 1.165) is 53.1 Å². The zero-order valence-electron chi connectivity index (χ0n) is 18.8. The lowest BCUT2D eigenvalue weighted by Crippen LogP contribution is -2.40. The Morgan fingerprint density at radius 2 is 1.97 bits per heavy atom. The summed E-state index contributed by atoms with van der Waals surface area (Å²) in [4.78, 5) is 10.6. The van der Waals surface area contributed by atoms with E-state index in [-0.39, 0.29) is 17.5 Å². The van der Waals surface area contributed by atoms with E-state index in [4.69, 9.17) is 21.3 Å². The number of fused-ring (bicyclic) bond motifs is 1. The third-order valence-electron chi connectivity index (χ3n) is 6.95. The summed E-state index contributed by atoms with van der Waals surface area (Å²) in [6, 6.07) is 9.96. The molecule has 1 fully saturated rings. The number of hydrogen-bond donors (Lipinski definition) is 1. The Kier molecular flexibility index (Phi) is 5.44. The van der Waals surface area contributed by atoms with Crippen LogP contribution in [0.2, 0.25) is 5.02 Å². The van der Waals surface area contributed by atoms with Crippen LogP contribution in [0.4, 0.5) is 8.78 Å². The number of nitrogens with zero attached hydrogens (tertiary/aromatic N) is 2. The van der Waals surface area contributed by atoms with Crippen LogP contribution in [0.3, 0.4) is 0 Å². The number of halogens is 3.